The van der Waals surface area contributed by atoms with E-state index in [1.54, 1.807) is 0 Å². The Labute approximate surface area is 185 Å². The normalized spacial score (nSPS) is 15.1. The average Bonchev–Trinajstić information content (AvgIpc) is 3.36. The number of ether oxygens (including phenoxy) is 1. The lowest BCUT2D eigenvalue weighted by Crippen LogP contribution is -2.35. The zero-order valence-electron chi connectivity index (χ0n) is 18.4. The van der Waals surface area contributed by atoms with Gasteiger partial charge in [-0.3, -0.25) is 9.69 Å². The molecule has 0 radical (unpaired) electrons. The van der Waals surface area contributed by atoms with Crippen LogP contribution in [-0.2, 0) is 11.3 Å². The number of anilines is 1. The summed E-state index contributed by atoms with van der Waals surface area (Å²) in [6.07, 6.45) is 0. The summed E-state index contributed by atoms with van der Waals surface area (Å²) in [6.45, 7) is 9.93. The molecule has 1 fully saturated rings. The molecule has 4 aromatic rings. The Bertz CT molecular complexity index is 1290. The fraction of sp³-hybridized carbons (Fsp3) is 0.391. The van der Waals surface area contributed by atoms with Crippen molar-refractivity contribution >= 4 is 33.7 Å². The Hall–Kier alpha value is -3.30. The molecule has 9 heteroatoms. The Balaban J connectivity index is 1.40. The number of aryl methyl sites for hydroxylation is 1. The molecule has 32 heavy (non-hydrogen) atoms. The number of fused-ring (bicyclic) bond motifs is 2. The van der Waals surface area contributed by atoms with E-state index < -0.39 is 0 Å². The highest BCUT2D eigenvalue weighted by atomic mass is 16.5. The van der Waals surface area contributed by atoms with Crippen molar-refractivity contribution in [3.63, 3.8) is 0 Å². The molecule has 2 N–H and O–H groups in total. The van der Waals surface area contributed by atoms with Crippen LogP contribution in [-0.4, -0.2) is 57.2 Å². The van der Waals surface area contributed by atoms with E-state index in [-0.39, 0.29) is 11.8 Å². The number of hydrogen-bond donors (Lipinski definition) is 2. The molecule has 0 bridgehead atoms. The van der Waals surface area contributed by atoms with Gasteiger partial charge in [0.15, 0.2) is 0 Å². The van der Waals surface area contributed by atoms with Gasteiger partial charge < -0.3 is 19.6 Å². The predicted molar refractivity (Wildman–Crippen MR) is 121 cm³/mol. The van der Waals surface area contributed by atoms with Gasteiger partial charge in [0.2, 0.25) is 0 Å². The lowest BCUT2D eigenvalue weighted by Gasteiger charge is -2.25. The van der Waals surface area contributed by atoms with Gasteiger partial charge in [0.05, 0.1) is 47.4 Å². The van der Waals surface area contributed by atoms with Gasteiger partial charge in [0, 0.05) is 24.5 Å². The summed E-state index contributed by atoms with van der Waals surface area (Å²) in [5.41, 5.74) is 4.77. The first-order valence-corrected chi connectivity index (χ1v) is 10.8. The maximum Gasteiger partial charge on any atom is 0.259 e. The summed E-state index contributed by atoms with van der Waals surface area (Å²) in [5, 5.41) is 7.64. The van der Waals surface area contributed by atoms with Crippen LogP contribution in [0.4, 0.5) is 5.69 Å². The molecule has 1 aliphatic rings. The minimum absolute atomic E-state index is 0.155. The number of benzene rings is 1. The van der Waals surface area contributed by atoms with Crippen LogP contribution in [0.3, 0.4) is 0 Å². The summed E-state index contributed by atoms with van der Waals surface area (Å²) in [7, 11) is 0. The quantitative estimate of drug-likeness (QED) is 0.494. The number of pyridine rings is 1. The first-order chi connectivity index (χ1) is 15.5. The molecule has 0 aliphatic carbocycles. The third-order valence-corrected chi connectivity index (χ3v) is 5.74. The minimum atomic E-state index is -0.224. The van der Waals surface area contributed by atoms with Crippen LogP contribution in [0.1, 0.15) is 47.3 Å². The molecule has 4 heterocycles. The van der Waals surface area contributed by atoms with Crippen LogP contribution in [0.2, 0.25) is 0 Å². The number of rotatable bonds is 5. The van der Waals surface area contributed by atoms with Gasteiger partial charge in [0.1, 0.15) is 5.82 Å². The summed E-state index contributed by atoms with van der Waals surface area (Å²) < 4.78 is 10.7. The Morgan fingerprint density at radius 3 is 2.81 bits per heavy atom. The van der Waals surface area contributed by atoms with Crippen molar-refractivity contribution in [2.45, 2.75) is 33.2 Å². The number of nitrogens with zero attached hydrogens (tertiary/aromatic N) is 4. The van der Waals surface area contributed by atoms with Crippen LogP contribution in [0, 0.1) is 6.92 Å². The van der Waals surface area contributed by atoms with Crippen molar-refractivity contribution < 1.29 is 14.1 Å². The number of H-pyrrole nitrogens is 1. The topological polar surface area (TPSA) is 109 Å². The molecule has 1 aromatic carbocycles. The van der Waals surface area contributed by atoms with E-state index in [9.17, 15) is 4.79 Å². The molecule has 1 amide bonds. The summed E-state index contributed by atoms with van der Waals surface area (Å²) in [5.74, 6) is 0.837. The highest BCUT2D eigenvalue weighted by Crippen LogP contribution is 2.26. The van der Waals surface area contributed by atoms with Gasteiger partial charge >= 0.3 is 0 Å². The number of hydrogen-bond acceptors (Lipinski definition) is 7. The molecule has 5 rings (SSSR count). The van der Waals surface area contributed by atoms with Crippen LogP contribution in [0.5, 0.6) is 0 Å². The van der Waals surface area contributed by atoms with Gasteiger partial charge in [-0.25, -0.2) is 9.97 Å². The van der Waals surface area contributed by atoms with Crippen molar-refractivity contribution in [3.8, 4) is 0 Å². The van der Waals surface area contributed by atoms with Crippen LogP contribution >= 0.6 is 0 Å². The number of amides is 1. The van der Waals surface area contributed by atoms with E-state index in [4.69, 9.17) is 9.26 Å². The van der Waals surface area contributed by atoms with Crippen LogP contribution in [0.25, 0.3) is 22.1 Å². The lowest BCUT2D eigenvalue weighted by atomic mass is 10.0. The summed E-state index contributed by atoms with van der Waals surface area (Å²) >= 11 is 0. The van der Waals surface area contributed by atoms with Gasteiger partial charge in [-0.15, -0.1) is 0 Å². The maximum absolute atomic E-state index is 13.2. The monoisotopic (exact) mass is 434 g/mol. The third-order valence-electron chi connectivity index (χ3n) is 5.74. The zero-order valence-corrected chi connectivity index (χ0v) is 18.4. The van der Waals surface area contributed by atoms with Crippen molar-refractivity contribution in [1.82, 2.24) is 25.0 Å². The average molecular weight is 435 g/mol. The molecular weight excluding hydrogens is 408 g/mol. The Kier molecular flexibility index (Phi) is 5.36. The zero-order chi connectivity index (χ0) is 22.2. The number of carbonyl (C=O) groups excluding carboxylic acids is 1. The second-order valence-corrected chi connectivity index (χ2v) is 8.46. The second kappa shape index (κ2) is 8.33. The van der Waals surface area contributed by atoms with E-state index in [1.165, 1.54) is 0 Å². The van der Waals surface area contributed by atoms with Gasteiger partial charge in [-0.1, -0.05) is 19.0 Å². The van der Waals surface area contributed by atoms with Crippen LogP contribution < -0.4 is 5.32 Å². The van der Waals surface area contributed by atoms with Crippen molar-refractivity contribution in [1.29, 1.82) is 0 Å². The molecular formula is C23H26N6O3. The number of aromatic amines is 1. The molecule has 3 aromatic heterocycles. The van der Waals surface area contributed by atoms with Crippen molar-refractivity contribution in [3.05, 3.63) is 47.0 Å². The molecule has 1 saturated heterocycles. The Morgan fingerprint density at radius 1 is 1.22 bits per heavy atom. The molecule has 166 valence electrons. The number of aromatic nitrogens is 4. The Morgan fingerprint density at radius 2 is 2.03 bits per heavy atom. The number of morpholine rings is 1. The van der Waals surface area contributed by atoms with E-state index in [1.807, 2.05) is 45.0 Å². The number of nitrogens with one attached hydrogen (secondary N) is 2. The lowest BCUT2D eigenvalue weighted by molar-refractivity contribution is 0.0332. The number of imidazole rings is 1. The van der Waals surface area contributed by atoms with Crippen molar-refractivity contribution in [2.75, 3.05) is 31.6 Å². The smallest absolute Gasteiger partial charge is 0.259 e. The van der Waals surface area contributed by atoms with Gasteiger partial charge in [0.25, 0.3) is 11.6 Å². The molecule has 1 aliphatic heterocycles. The van der Waals surface area contributed by atoms with Gasteiger partial charge in [-0.2, -0.15) is 0 Å². The first-order valence-electron chi connectivity index (χ1n) is 10.8. The van der Waals surface area contributed by atoms with E-state index in [2.05, 4.69) is 30.3 Å². The second-order valence-electron chi connectivity index (χ2n) is 8.46. The molecule has 0 atom stereocenters. The number of carbonyl (C=O) groups is 1. The summed E-state index contributed by atoms with van der Waals surface area (Å²) in [6, 6.07) is 7.51. The molecule has 9 nitrogen and oxygen atoms in total. The third kappa shape index (κ3) is 3.96. The van der Waals surface area contributed by atoms with Crippen LogP contribution in [0.15, 0.2) is 28.8 Å². The molecule has 0 saturated carbocycles. The minimum Gasteiger partial charge on any atom is -0.379 e. The highest BCUT2D eigenvalue weighted by Gasteiger charge is 2.20. The highest BCUT2D eigenvalue weighted by molar-refractivity contribution is 6.12. The van der Waals surface area contributed by atoms with Crippen molar-refractivity contribution in [2.24, 2.45) is 0 Å². The van der Waals surface area contributed by atoms with E-state index >= 15 is 0 Å². The standard InChI is InChI=1S/C23H26N6O3/c1-13(2)18-11-16(21-14(3)28-32-23(21)27-18)22(30)24-15-4-5-17-19(10-15)26-20(25-17)12-29-6-8-31-9-7-29/h4-5,10-11,13H,6-9,12H2,1-3H3,(H,24,30)(H,25,26). The summed E-state index contributed by atoms with van der Waals surface area (Å²) in [4.78, 5) is 28.1. The first kappa shape index (κ1) is 20.6. The van der Waals surface area contributed by atoms with E-state index in [0.717, 1.165) is 55.4 Å². The molecule has 0 spiro atoms. The fourth-order valence-electron chi connectivity index (χ4n) is 3.97. The molecule has 0 unspecified atom stereocenters. The fourth-order valence-corrected chi connectivity index (χ4v) is 3.97. The largest absolute Gasteiger partial charge is 0.379 e. The predicted octanol–water partition coefficient (Wildman–Crippen LogP) is 3.62. The van der Waals surface area contributed by atoms with E-state index in [0.29, 0.717) is 28.0 Å². The maximum atomic E-state index is 13.2. The SMILES string of the molecule is Cc1noc2nc(C(C)C)cc(C(=O)Nc3ccc4nc(CN5CCOCC5)[nH]c4c3)c12. The van der Waals surface area contributed by atoms with Gasteiger partial charge in [-0.05, 0) is 37.1 Å².